The van der Waals surface area contributed by atoms with Crippen molar-refractivity contribution in [3.63, 3.8) is 0 Å². The van der Waals surface area contributed by atoms with E-state index in [0.717, 1.165) is 12.2 Å². The molecule has 0 bridgehead atoms. The average molecular weight is 183 g/mol. The normalized spacial score (nSPS) is 15.7. The molecular weight excluding hydrogens is 166 g/mol. The molecule has 0 fully saturated rings. The number of aromatic nitrogens is 1. The van der Waals surface area contributed by atoms with Crippen molar-refractivity contribution in [2.24, 2.45) is 5.92 Å². The van der Waals surface area contributed by atoms with E-state index in [4.69, 9.17) is 5.11 Å². The molecule has 2 atom stereocenters. The van der Waals surface area contributed by atoms with Crippen molar-refractivity contribution in [3.8, 4) is 0 Å². The lowest BCUT2D eigenvalue weighted by molar-refractivity contribution is 0.181. The summed E-state index contributed by atoms with van der Waals surface area (Å²) in [6, 6.07) is 3.81. The van der Waals surface area contributed by atoms with E-state index in [2.05, 4.69) is 0 Å². The van der Waals surface area contributed by atoms with Crippen LogP contribution in [-0.4, -0.2) is 21.4 Å². The minimum atomic E-state index is -0.444. The van der Waals surface area contributed by atoms with Crippen LogP contribution in [0.15, 0.2) is 18.3 Å². The summed E-state index contributed by atoms with van der Waals surface area (Å²) < 4.78 is 1.98. The van der Waals surface area contributed by atoms with Crippen molar-refractivity contribution in [2.75, 3.05) is 6.61 Å². The summed E-state index contributed by atoms with van der Waals surface area (Å²) >= 11 is 0. The second-order valence-corrected chi connectivity index (χ2v) is 3.55. The van der Waals surface area contributed by atoms with Crippen LogP contribution in [0.3, 0.4) is 0 Å². The van der Waals surface area contributed by atoms with Crippen LogP contribution in [-0.2, 0) is 6.54 Å². The molecule has 2 N–H and O–H groups in total. The quantitative estimate of drug-likeness (QED) is 0.736. The Bertz CT molecular complexity index is 255. The molecule has 1 aromatic heterocycles. The van der Waals surface area contributed by atoms with E-state index < -0.39 is 6.10 Å². The number of aliphatic hydroxyl groups is 2. The van der Waals surface area contributed by atoms with Crippen molar-refractivity contribution in [3.05, 3.63) is 24.0 Å². The summed E-state index contributed by atoms with van der Waals surface area (Å²) in [6.45, 7) is 4.66. The van der Waals surface area contributed by atoms with Gasteiger partial charge in [-0.15, -0.1) is 0 Å². The summed E-state index contributed by atoms with van der Waals surface area (Å²) in [6.07, 6.45) is 1.48. The second-order valence-electron chi connectivity index (χ2n) is 3.55. The highest BCUT2D eigenvalue weighted by Crippen LogP contribution is 2.14. The maximum Gasteiger partial charge on any atom is 0.0911 e. The molecule has 0 aliphatic rings. The molecular formula is C10H17NO2. The maximum atomic E-state index is 9.40. The van der Waals surface area contributed by atoms with Gasteiger partial charge in [-0.05, 0) is 25.0 Å². The Balaban J connectivity index is 2.70. The van der Waals surface area contributed by atoms with Crippen molar-refractivity contribution >= 4 is 0 Å². The van der Waals surface area contributed by atoms with Gasteiger partial charge in [-0.3, -0.25) is 0 Å². The highest BCUT2D eigenvalue weighted by atomic mass is 16.3. The largest absolute Gasteiger partial charge is 0.396 e. The Morgan fingerprint density at radius 1 is 1.46 bits per heavy atom. The fourth-order valence-electron chi connectivity index (χ4n) is 1.37. The number of nitrogens with zero attached hydrogens (tertiary/aromatic N) is 1. The van der Waals surface area contributed by atoms with E-state index in [1.807, 2.05) is 29.8 Å². The molecule has 0 aliphatic carbocycles. The minimum absolute atomic E-state index is 0.178. The van der Waals surface area contributed by atoms with Crippen LogP contribution in [0.25, 0.3) is 0 Å². The van der Waals surface area contributed by atoms with Gasteiger partial charge < -0.3 is 14.8 Å². The van der Waals surface area contributed by atoms with Crippen LogP contribution in [0.4, 0.5) is 0 Å². The van der Waals surface area contributed by atoms with Crippen molar-refractivity contribution in [1.29, 1.82) is 0 Å². The molecule has 1 rings (SSSR count). The van der Waals surface area contributed by atoms with Gasteiger partial charge in [-0.2, -0.15) is 0 Å². The summed E-state index contributed by atoms with van der Waals surface area (Å²) in [5, 5.41) is 18.3. The van der Waals surface area contributed by atoms with Gasteiger partial charge in [-0.1, -0.05) is 6.92 Å². The molecule has 1 heterocycles. The van der Waals surface area contributed by atoms with Crippen molar-refractivity contribution < 1.29 is 10.2 Å². The van der Waals surface area contributed by atoms with E-state index in [9.17, 15) is 5.11 Å². The van der Waals surface area contributed by atoms with Crippen LogP contribution in [0.5, 0.6) is 0 Å². The third kappa shape index (κ3) is 2.57. The molecule has 13 heavy (non-hydrogen) atoms. The fourth-order valence-corrected chi connectivity index (χ4v) is 1.37. The molecule has 0 aromatic carbocycles. The number of hydrogen-bond acceptors (Lipinski definition) is 2. The van der Waals surface area contributed by atoms with E-state index in [-0.39, 0.29) is 12.5 Å². The topological polar surface area (TPSA) is 45.4 Å². The summed E-state index contributed by atoms with van der Waals surface area (Å²) in [5.74, 6) is 0.227. The monoisotopic (exact) mass is 183 g/mol. The van der Waals surface area contributed by atoms with Gasteiger partial charge in [0.25, 0.3) is 0 Å². The lowest BCUT2D eigenvalue weighted by Gasteiger charge is -2.14. The van der Waals surface area contributed by atoms with E-state index in [1.54, 1.807) is 6.92 Å². The van der Waals surface area contributed by atoms with Crippen LogP contribution < -0.4 is 0 Å². The molecule has 0 saturated heterocycles. The van der Waals surface area contributed by atoms with Gasteiger partial charge >= 0.3 is 0 Å². The lowest BCUT2D eigenvalue weighted by Crippen LogP contribution is -2.13. The van der Waals surface area contributed by atoms with Gasteiger partial charge in [0.1, 0.15) is 0 Å². The molecule has 1 aromatic rings. The Kier molecular flexibility index (Phi) is 3.51. The molecule has 74 valence electrons. The minimum Gasteiger partial charge on any atom is -0.396 e. The third-order valence-corrected chi connectivity index (χ3v) is 2.11. The predicted molar refractivity (Wildman–Crippen MR) is 51.3 cm³/mol. The van der Waals surface area contributed by atoms with Crippen LogP contribution in [0.2, 0.25) is 0 Å². The third-order valence-electron chi connectivity index (χ3n) is 2.11. The van der Waals surface area contributed by atoms with Crippen LogP contribution in [0.1, 0.15) is 25.6 Å². The number of rotatable bonds is 4. The van der Waals surface area contributed by atoms with Crippen molar-refractivity contribution in [2.45, 2.75) is 26.5 Å². The maximum absolute atomic E-state index is 9.40. The van der Waals surface area contributed by atoms with Gasteiger partial charge in [0, 0.05) is 25.0 Å². The highest BCUT2D eigenvalue weighted by molar-refractivity contribution is 5.09. The zero-order chi connectivity index (χ0) is 9.84. The first-order valence-corrected chi connectivity index (χ1v) is 4.59. The molecule has 0 radical (unpaired) electrons. The van der Waals surface area contributed by atoms with Crippen LogP contribution >= 0.6 is 0 Å². The number of aliphatic hydroxyl groups excluding tert-OH is 2. The second kappa shape index (κ2) is 4.44. The first-order chi connectivity index (χ1) is 6.15. The standard InChI is InChI=1S/C10H17NO2/c1-8(7-12)6-11-5-3-4-10(11)9(2)13/h3-5,8-9,12-13H,6-7H2,1-2H3. The number of hydrogen-bond donors (Lipinski definition) is 2. The predicted octanol–water partition coefficient (Wildman–Crippen LogP) is 1.17. The zero-order valence-electron chi connectivity index (χ0n) is 8.14. The summed E-state index contributed by atoms with van der Waals surface area (Å²) in [7, 11) is 0. The highest BCUT2D eigenvalue weighted by Gasteiger charge is 2.08. The lowest BCUT2D eigenvalue weighted by atomic mass is 10.2. The summed E-state index contributed by atoms with van der Waals surface area (Å²) in [5.41, 5.74) is 0.903. The van der Waals surface area contributed by atoms with E-state index in [1.165, 1.54) is 0 Å². The molecule has 0 aliphatic heterocycles. The van der Waals surface area contributed by atoms with Crippen LogP contribution in [0, 0.1) is 5.92 Å². The van der Waals surface area contributed by atoms with E-state index >= 15 is 0 Å². The molecule has 3 heteroatoms. The molecule has 0 amide bonds. The molecule has 0 spiro atoms. The van der Waals surface area contributed by atoms with Crippen molar-refractivity contribution in [1.82, 2.24) is 4.57 Å². The molecule has 3 nitrogen and oxygen atoms in total. The average Bonchev–Trinajstić information content (AvgIpc) is 2.52. The van der Waals surface area contributed by atoms with Gasteiger partial charge in [0.15, 0.2) is 0 Å². The van der Waals surface area contributed by atoms with E-state index in [0.29, 0.717) is 0 Å². The Morgan fingerprint density at radius 2 is 2.15 bits per heavy atom. The first kappa shape index (κ1) is 10.3. The Labute approximate surface area is 78.6 Å². The zero-order valence-corrected chi connectivity index (χ0v) is 8.14. The fraction of sp³-hybridized carbons (Fsp3) is 0.600. The Hall–Kier alpha value is -0.800. The summed E-state index contributed by atoms with van der Waals surface area (Å²) in [4.78, 5) is 0. The van der Waals surface area contributed by atoms with Gasteiger partial charge in [-0.25, -0.2) is 0 Å². The SMILES string of the molecule is CC(CO)Cn1cccc1C(C)O. The molecule has 0 saturated carbocycles. The first-order valence-electron chi connectivity index (χ1n) is 4.59. The molecule has 2 unspecified atom stereocenters. The van der Waals surface area contributed by atoms with Gasteiger partial charge in [0.05, 0.1) is 6.10 Å². The Morgan fingerprint density at radius 3 is 2.69 bits per heavy atom. The smallest absolute Gasteiger partial charge is 0.0911 e. The van der Waals surface area contributed by atoms with Gasteiger partial charge in [0.2, 0.25) is 0 Å².